The van der Waals surface area contributed by atoms with E-state index >= 15 is 0 Å². The van der Waals surface area contributed by atoms with Gasteiger partial charge in [-0.15, -0.1) is 11.8 Å². The second-order valence-electron chi connectivity index (χ2n) is 4.19. The number of anilines is 1. The quantitative estimate of drug-likeness (QED) is 0.624. The Morgan fingerprint density at radius 2 is 2.00 bits per heavy atom. The summed E-state index contributed by atoms with van der Waals surface area (Å²) in [5.74, 6) is 1.06. The molecule has 0 aliphatic heterocycles. The van der Waals surface area contributed by atoms with Gasteiger partial charge in [-0.2, -0.15) is 5.26 Å². The van der Waals surface area contributed by atoms with Crippen molar-refractivity contribution in [2.24, 2.45) is 5.41 Å². The summed E-state index contributed by atoms with van der Waals surface area (Å²) in [5, 5.41) is 8.70. The van der Waals surface area contributed by atoms with E-state index in [-0.39, 0.29) is 0 Å². The number of nitriles is 1. The highest BCUT2D eigenvalue weighted by Crippen LogP contribution is 2.51. The van der Waals surface area contributed by atoms with Gasteiger partial charge in [0.25, 0.3) is 0 Å². The molecule has 1 aromatic carbocycles. The molecule has 2 rings (SSSR count). The highest BCUT2D eigenvalue weighted by atomic mass is 32.2. The van der Waals surface area contributed by atoms with Crippen molar-refractivity contribution in [2.45, 2.75) is 24.2 Å². The number of hydrogen-bond acceptors (Lipinski definition) is 3. The maximum Gasteiger partial charge on any atom is 0.0627 e. The number of rotatable bonds is 4. The molecule has 2 nitrogen and oxygen atoms in total. The summed E-state index contributed by atoms with van der Waals surface area (Å²) in [6, 6.07) is 10.2. The molecule has 15 heavy (non-hydrogen) atoms. The van der Waals surface area contributed by atoms with E-state index in [1.165, 1.54) is 17.7 Å². The zero-order valence-corrected chi connectivity index (χ0v) is 9.39. The van der Waals surface area contributed by atoms with Crippen molar-refractivity contribution < 1.29 is 0 Å². The van der Waals surface area contributed by atoms with Crippen molar-refractivity contribution in [1.82, 2.24) is 0 Å². The molecule has 0 bridgehead atoms. The molecule has 1 aliphatic carbocycles. The van der Waals surface area contributed by atoms with Crippen LogP contribution in [0.3, 0.4) is 0 Å². The van der Waals surface area contributed by atoms with Gasteiger partial charge in [0, 0.05) is 22.8 Å². The summed E-state index contributed by atoms with van der Waals surface area (Å²) < 4.78 is 0. The molecule has 1 aromatic rings. The van der Waals surface area contributed by atoms with Crippen LogP contribution in [0.2, 0.25) is 0 Å². The lowest BCUT2D eigenvalue weighted by Crippen LogP contribution is -2.02. The minimum Gasteiger partial charge on any atom is -0.399 e. The zero-order valence-electron chi connectivity index (χ0n) is 8.57. The lowest BCUT2D eigenvalue weighted by Gasteiger charge is -2.09. The molecule has 2 N–H and O–H groups in total. The molecule has 1 aliphatic rings. The van der Waals surface area contributed by atoms with E-state index in [1.54, 1.807) is 0 Å². The van der Waals surface area contributed by atoms with Crippen LogP contribution in [0.15, 0.2) is 29.2 Å². The van der Waals surface area contributed by atoms with Gasteiger partial charge in [0.1, 0.15) is 0 Å². The monoisotopic (exact) mass is 218 g/mol. The molecular weight excluding hydrogens is 204 g/mol. The average Bonchev–Trinajstić information content (AvgIpc) is 2.99. The number of nitrogens with two attached hydrogens (primary N) is 1. The Morgan fingerprint density at radius 1 is 1.33 bits per heavy atom. The fraction of sp³-hybridized carbons (Fsp3) is 0.417. The second kappa shape index (κ2) is 4.16. The van der Waals surface area contributed by atoms with E-state index in [0.717, 1.165) is 11.4 Å². The van der Waals surface area contributed by atoms with Crippen LogP contribution < -0.4 is 5.73 Å². The largest absolute Gasteiger partial charge is 0.399 e. The molecule has 0 aromatic heterocycles. The molecular formula is C12H14N2S. The molecule has 0 amide bonds. The van der Waals surface area contributed by atoms with E-state index < -0.39 is 0 Å². The van der Waals surface area contributed by atoms with Crippen LogP contribution in [-0.4, -0.2) is 5.75 Å². The minimum atomic E-state index is 0.320. The minimum absolute atomic E-state index is 0.320. The van der Waals surface area contributed by atoms with E-state index in [4.69, 9.17) is 11.0 Å². The Hall–Kier alpha value is -1.14. The molecule has 1 fully saturated rings. The van der Waals surface area contributed by atoms with Gasteiger partial charge < -0.3 is 5.73 Å². The van der Waals surface area contributed by atoms with Crippen LogP contribution in [-0.2, 0) is 0 Å². The topological polar surface area (TPSA) is 49.8 Å². The standard InChI is InChI=1S/C12H14N2S/c13-8-7-12(5-6-12)9-15-11-3-1-10(14)2-4-11/h1-4H,5-7,9,14H2. The number of hydrogen-bond donors (Lipinski definition) is 1. The first-order valence-electron chi connectivity index (χ1n) is 5.09. The molecule has 0 spiro atoms. The molecule has 1 saturated carbocycles. The number of nitrogen functional groups attached to an aromatic ring is 1. The van der Waals surface area contributed by atoms with Crippen molar-refractivity contribution in [1.29, 1.82) is 5.26 Å². The highest BCUT2D eigenvalue weighted by molar-refractivity contribution is 7.99. The lowest BCUT2D eigenvalue weighted by molar-refractivity contribution is 0.604. The van der Waals surface area contributed by atoms with Gasteiger partial charge in [-0.3, -0.25) is 0 Å². The molecule has 0 unspecified atom stereocenters. The third-order valence-electron chi connectivity index (χ3n) is 2.84. The van der Waals surface area contributed by atoms with Crippen molar-refractivity contribution in [3.8, 4) is 6.07 Å². The van der Waals surface area contributed by atoms with Gasteiger partial charge in [0.15, 0.2) is 0 Å². The lowest BCUT2D eigenvalue weighted by atomic mass is 10.1. The summed E-state index contributed by atoms with van der Waals surface area (Å²) in [5.41, 5.74) is 6.74. The van der Waals surface area contributed by atoms with E-state index in [2.05, 4.69) is 6.07 Å². The van der Waals surface area contributed by atoms with Crippen LogP contribution in [0.1, 0.15) is 19.3 Å². The van der Waals surface area contributed by atoms with Crippen molar-refractivity contribution >= 4 is 17.4 Å². The van der Waals surface area contributed by atoms with Crippen molar-refractivity contribution in [3.05, 3.63) is 24.3 Å². The van der Waals surface area contributed by atoms with Gasteiger partial charge >= 0.3 is 0 Å². The summed E-state index contributed by atoms with van der Waals surface area (Å²) in [6.07, 6.45) is 3.13. The van der Waals surface area contributed by atoms with E-state index in [0.29, 0.717) is 11.8 Å². The smallest absolute Gasteiger partial charge is 0.0627 e. The molecule has 3 heteroatoms. The summed E-state index contributed by atoms with van der Waals surface area (Å²) in [4.78, 5) is 1.24. The third-order valence-corrected chi connectivity index (χ3v) is 4.20. The van der Waals surface area contributed by atoms with Crippen LogP contribution in [0.4, 0.5) is 5.69 Å². The first kappa shape index (κ1) is 10.4. The van der Waals surface area contributed by atoms with Crippen LogP contribution in [0.5, 0.6) is 0 Å². The van der Waals surface area contributed by atoms with Crippen LogP contribution >= 0.6 is 11.8 Å². The zero-order chi connectivity index (χ0) is 10.7. The molecule has 0 atom stereocenters. The Kier molecular flexibility index (Phi) is 2.88. The normalized spacial score (nSPS) is 17.0. The first-order valence-corrected chi connectivity index (χ1v) is 6.08. The SMILES string of the molecule is N#CCC1(CSc2ccc(N)cc2)CC1. The van der Waals surface area contributed by atoms with Crippen LogP contribution in [0, 0.1) is 16.7 Å². The van der Waals surface area contributed by atoms with Crippen molar-refractivity contribution in [3.63, 3.8) is 0 Å². The maximum atomic E-state index is 8.70. The Morgan fingerprint density at radius 3 is 2.53 bits per heavy atom. The predicted octanol–water partition coefficient (Wildman–Crippen LogP) is 3.05. The Balaban J connectivity index is 1.88. The summed E-state index contributed by atoms with van der Waals surface area (Å²) in [6.45, 7) is 0. The second-order valence-corrected chi connectivity index (χ2v) is 5.24. The molecule has 0 heterocycles. The Bertz CT molecular complexity index is 374. The molecule has 0 saturated heterocycles. The summed E-state index contributed by atoms with van der Waals surface area (Å²) in [7, 11) is 0. The van der Waals surface area contributed by atoms with Gasteiger partial charge in [-0.1, -0.05) is 0 Å². The van der Waals surface area contributed by atoms with Gasteiger partial charge in [-0.25, -0.2) is 0 Å². The van der Waals surface area contributed by atoms with E-state index in [1.807, 2.05) is 36.0 Å². The fourth-order valence-electron chi connectivity index (χ4n) is 1.52. The third kappa shape index (κ3) is 2.66. The van der Waals surface area contributed by atoms with Crippen LogP contribution in [0.25, 0.3) is 0 Å². The average molecular weight is 218 g/mol. The van der Waals surface area contributed by atoms with Gasteiger partial charge in [0.05, 0.1) is 6.07 Å². The summed E-state index contributed by atoms with van der Waals surface area (Å²) >= 11 is 1.83. The van der Waals surface area contributed by atoms with Gasteiger partial charge in [0.2, 0.25) is 0 Å². The number of nitrogens with zero attached hydrogens (tertiary/aromatic N) is 1. The van der Waals surface area contributed by atoms with E-state index in [9.17, 15) is 0 Å². The molecule has 0 radical (unpaired) electrons. The first-order chi connectivity index (χ1) is 7.24. The highest BCUT2D eigenvalue weighted by Gasteiger charge is 2.42. The Labute approximate surface area is 94.5 Å². The predicted molar refractivity (Wildman–Crippen MR) is 63.5 cm³/mol. The van der Waals surface area contributed by atoms with Gasteiger partial charge in [-0.05, 0) is 42.5 Å². The number of thioether (sulfide) groups is 1. The van der Waals surface area contributed by atoms with Crippen molar-refractivity contribution in [2.75, 3.05) is 11.5 Å². The maximum absolute atomic E-state index is 8.70. The fourth-order valence-corrected chi connectivity index (χ4v) is 2.71. The molecule has 78 valence electrons. The number of benzene rings is 1.